The molecule has 194 valence electrons. The number of carbonyl (C=O) groups is 1. The number of hydrogen-bond donors (Lipinski definition) is 3. The van der Waals surface area contributed by atoms with Crippen LogP contribution in [0, 0.1) is 0 Å². The number of benzene rings is 3. The number of aromatic hydroxyl groups is 1. The molecule has 0 aliphatic carbocycles. The van der Waals surface area contributed by atoms with Gasteiger partial charge in [-0.15, -0.1) is 0 Å². The van der Waals surface area contributed by atoms with E-state index in [0.29, 0.717) is 39.9 Å². The second kappa shape index (κ2) is 12.3. The lowest BCUT2D eigenvalue weighted by atomic mass is 10.1. The molecule has 3 aromatic carbocycles. The van der Waals surface area contributed by atoms with E-state index in [2.05, 4.69) is 5.32 Å². The zero-order chi connectivity index (χ0) is 26.9. The molecule has 37 heavy (non-hydrogen) atoms. The van der Waals surface area contributed by atoms with E-state index < -0.39 is 5.91 Å². The van der Waals surface area contributed by atoms with Crippen LogP contribution >= 0.6 is 0 Å². The van der Waals surface area contributed by atoms with E-state index in [0.717, 1.165) is 11.1 Å². The van der Waals surface area contributed by atoms with Gasteiger partial charge in [-0.25, -0.2) is 0 Å². The third kappa shape index (κ3) is 6.26. The van der Waals surface area contributed by atoms with Crippen molar-refractivity contribution in [1.82, 2.24) is 0 Å². The van der Waals surface area contributed by atoms with E-state index in [4.69, 9.17) is 29.4 Å². The minimum Gasteiger partial charge on any atom is -0.504 e. The summed E-state index contributed by atoms with van der Waals surface area (Å²) in [7, 11) is 7.55. The first-order valence-electron chi connectivity index (χ1n) is 11.2. The number of nitrogen functional groups attached to an aromatic ring is 1. The molecular weight excluding hydrogens is 476 g/mol. The van der Waals surface area contributed by atoms with Crippen LogP contribution < -0.4 is 34.7 Å². The van der Waals surface area contributed by atoms with Gasteiger partial charge >= 0.3 is 0 Å². The average molecular weight is 507 g/mol. The van der Waals surface area contributed by atoms with Crippen LogP contribution in [0.25, 0.3) is 18.2 Å². The number of nitrogens with two attached hydrogens (primary N) is 1. The highest BCUT2D eigenvalue weighted by Crippen LogP contribution is 2.40. The molecule has 3 rings (SSSR count). The van der Waals surface area contributed by atoms with Crippen molar-refractivity contribution in [3.8, 4) is 34.5 Å². The fourth-order valence-electron chi connectivity index (χ4n) is 3.64. The number of phenolic OH excluding ortho intramolecular Hbond substituents is 1. The Bertz CT molecular complexity index is 1310. The van der Waals surface area contributed by atoms with Gasteiger partial charge in [0.15, 0.2) is 23.0 Å². The summed E-state index contributed by atoms with van der Waals surface area (Å²) in [6, 6.07) is 11.9. The standard InChI is InChI=1S/C28H30N2O7/c1-33-22-12-7-17(14-20(22)29)8-13-25(32)30-26-19(10-11-21(31)27(26)36-4)9-6-18-15-23(34-2)28(37-5)24(16-18)35-3/h6-16,31H,29H2,1-5H3,(H,30,32)/b9-6+,13-8+. The Hall–Kier alpha value is -4.79. The van der Waals surface area contributed by atoms with Crippen LogP contribution in [0.1, 0.15) is 16.7 Å². The van der Waals surface area contributed by atoms with Crippen LogP contribution in [0.2, 0.25) is 0 Å². The van der Waals surface area contributed by atoms with Crippen molar-refractivity contribution in [2.45, 2.75) is 0 Å². The Morgan fingerprint density at radius 2 is 1.41 bits per heavy atom. The Kier molecular flexibility index (Phi) is 8.88. The lowest BCUT2D eigenvalue weighted by Gasteiger charge is -2.14. The Morgan fingerprint density at radius 3 is 1.97 bits per heavy atom. The Labute approximate surface area is 215 Å². The van der Waals surface area contributed by atoms with Gasteiger partial charge in [0, 0.05) is 11.6 Å². The van der Waals surface area contributed by atoms with Gasteiger partial charge in [0.2, 0.25) is 11.7 Å². The van der Waals surface area contributed by atoms with Gasteiger partial charge < -0.3 is 39.8 Å². The van der Waals surface area contributed by atoms with Crippen molar-refractivity contribution in [3.63, 3.8) is 0 Å². The number of hydrogen-bond acceptors (Lipinski definition) is 8. The van der Waals surface area contributed by atoms with E-state index in [1.807, 2.05) is 6.08 Å². The molecule has 9 nitrogen and oxygen atoms in total. The number of anilines is 2. The van der Waals surface area contributed by atoms with E-state index in [-0.39, 0.29) is 11.5 Å². The Balaban J connectivity index is 1.92. The lowest BCUT2D eigenvalue weighted by molar-refractivity contribution is -0.111. The summed E-state index contributed by atoms with van der Waals surface area (Å²) >= 11 is 0. The number of amides is 1. The molecule has 0 saturated carbocycles. The van der Waals surface area contributed by atoms with Crippen LogP contribution in [0.3, 0.4) is 0 Å². The summed E-state index contributed by atoms with van der Waals surface area (Å²) in [5.41, 5.74) is 8.77. The molecule has 0 bridgehead atoms. The molecule has 9 heteroatoms. The number of nitrogens with one attached hydrogen (secondary N) is 1. The molecule has 0 aliphatic rings. The third-order valence-electron chi connectivity index (χ3n) is 5.44. The van der Waals surface area contributed by atoms with E-state index in [1.54, 1.807) is 48.6 Å². The maximum atomic E-state index is 12.8. The zero-order valence-electron chi connectivity index (χ0n) is 21.3. The first-order chi connectivity index (χ1) is 17.8. The van der Waals surface area contributed by atoms with Gasteiger partial charge in [0.05, 0.1) is 46.9 Å². The largest absolute Gasteiger partial charge is 0.504 e. The van der Waals surface area contributed by atoms with Crippen LogP contribution in [0.15, 0.2) is 48.5 Å². The highest BCUT2D eigenvalue weighted by molar-refractivity contribution is 6.04. The van der Waals surface area contributed by atoms with Crippen molar-refractivity contribution >= 4 is 35.5 Å². The molecule has 0 unspecified atom stereocenters. The van der Waals surface area contributed by atoms with Crippen LogP contribution in [-0.4, -0.2) is 46.6 Å². The first kappa shape index (κ1) is 26.8. The summed E-state index contributed by atoms with van der Waals surface area (Å²) in [4.78, 5) is 12.8. The minimum atomic E-state index is -0.430. The highest BCUT2D eigenvalue weighted by atomic mass is 16.5. The second-order valence-electron chi connectivity index (χ2n) is 7.70. The van der Waals surface area contributed by atoms with E-state index in [1.165, 1.54) is 47.7 Å². The molecule has 0 heterocycles. The summed E-state index contributed by atoms with van der Waals surface area (Å²) < 4.78 is 26.7. The van der Waals surface area contributed by atoms with E-state index >= 15 is 0 Å². The summed E-state index contributed by atoms with van der Waals surface area (Å²) in [5, 5.41) is 13.1. The summed E-state index contributed by atoms with van der Waals surface area (Å²) in [6.45, 7) is 0. The average Bonchev–Trinajstić information content (AvgIpc) is 2.91. The van der Waals surface area contributed by atoms with Gasteiger partial charge in [-0.1, -0.05) is 18.2 Å². The zero-order valence-corrected chi connectivity index (χ0v) is 21.3. The normalized spacial score (nSPS) is 10.9. The maximum Gasteiger partial charge on any atom is 0.248 e. The fourth-order valence-corrected chi connectivity index (χ4v) is 3.64. The highest BCUT2D eigenvalue weighted by Gasteiger charge is 2.16. The minimum absolute atomic E-state index is 0.116. The van der Waals surface area contributed by atoms with E-state index in [9.17, 15) is 9.90 Å². The molecule has 0 radical (unpaired) electrons. The van der Waals surface area contributed by atoms with Crippen LogP contribution in [-0.2, 0) is 4.79 Å². The smallest absolute Gasteiger partial charge is 0.248 e. The molecule has 0 spiro atoms. The van der Waals surface area contributed by atoms with Crippen LogP contribution in [0.4, 0.5) is 11.4 Å². The summed E-state index contributed by atoms with van der Waals surface area (Å²) in [5.74, 6) is 1.62. The number of carbonyl (C=O) groups excluding carboxylic acids is 1. The molecule has 1 amide bonds. The quantitative estimate of drug-likeness (QED) is 0.203. The molecule has 4 N–H and O–H groups in total. The molecule has 0 aliphatic heterocycles. The van der Waals surface area contributed by atoms with Crippen molar-refractivity contribution in [1.29, 1.82) is 0 Å². The molecule has 0 aromatic heterocycles. The fraction of sp³-hybridized carbons (Fsp3) is 0.179. The number of rotatable bonds is 10. The van der Waals surface area contributed by atoms with Gasteiger partial charge in [-0.3, -0.25) is 4.79 Å². The van der Waals surface area contributed by atoms with Crippen molar-refractivity contribution in [3.05, 3.63) is 65.2 Å². The molecule has 0 fully saturated rings. The third-order valence-corrected chi connectivity index (χ3v) is 5.44. The predicted octanol–water partition coefficient (Wildman–Crippen LogP) is 4.84. The van der Waals surface area contributed by atoms with Crippen molar-refractivity contribution in [2.24, 2.45) is 0 Å². The maximum absolute atomic E-state index is 12.8. The molecule has 3 aromatic rings. The van der Waals surface area contributed by atoms with Crippen LogP contribution in [0.5, 0.6) is 34.5 Å². The van der Waals surface area contributed by atoms with Gasteiger partial charge in [0.25, 0.3) is 0 Å². The van der Waals surface area contributed by atoms with Crippen molar-refractivity contribution < 1.29 is 33.6 Å². The SMILES string of the molecule is COc1ccc(/C=C/C(=O)Nc2c(/C=C/c3cc(OC)c(OC)c(OC)c3)ccc(O)c2OC)cc1N. The number of ether oxygens (including phenoxy) is 5. The predicted molar refractivity (Wildman–Crippen MR) is 145 cm³/mol. The second-order valence-corrected chi connectivity index (χ2v) is 7.70. The van der Waals surface area contributed by atoms with Gasteiger partial charge in [0.1, 0.15) is 5.75 Å². The number of phenols is 1. The Morgan fingerprint density at radius 1 is 0.757 bits per heavy atom. The topological polar surface area (TPSA) is 122 Å². The first-order valence-corrected chi connectivity index (χ1v) is 11.2. The lowest BCUT2D eigenvalue weighted by Crippen LogP contribution is -2.10. The van der Waals surface area contributed by atoms with Gasteiger partial charge in [-0.2, -0.15) is 0 Å². The molecule has 0 saturated heterocycles. The van der Waals surface area contributed by atoms with Gasteiger partial charge in [-0.05, 0) is 53.6 Å². The van der Waals surface area contributed by atoms with Crippen molar-refractivity contribution in [2.75, 3.05) is 46.6 Å². The monoisotopic (exact) mass is 506 g/mol. The number of methoxy groups -OCH3 is 5. The molecule has 0 atom stereocenters. The molecular formula is C28H30N2O7. The summed E-state index contributed by atoms with van der Waals surface area (Å²) in [6.07, 6.45) is 6.55.